The molecule has 0 spiro atoms. The summed E-state index contributed by atoms with van der Waals surface area (Å²) in [5.41, 5.74) is 9.24. The molecule has 0 aliphatic heterocycles. The summed E-state index contributed by atoms with van der Waals surface area (Å²) in [6.07, 6.45) is -1.60. The summed E-state index contributed by atoms with van der Waals surface area (Å²) in [5.74, 6) is -1.27. The minimum atomic E-state index is -1.13. The molecule has 4 rings (SSSR count). The molecule has 5 heteroatoms. The third-order valence-electron chi connectivity index (χ3n) is 6.01. The molecule has 0 bridgehead atoms. The molecule has 0 radical (unpaired) electrons. The molecule has 0 saturated heterocycles. The highest BCUT2D eigenvalue weighted by Gasteiger charge is 2.32. The van der Waals surface area contributed by atoms with Crippen LogP contribution in [0.25, 0.3) is 10.8 Å². The van der Waals surface area contributed by atoms with E-state index in [1.54, 1.807) is 0 Å². The fourth-order valence-electron chi connectivity index (χ4n) is 4.09. The van der Waals surface area contributed by atoms with Gasteiger partial charge in [-0.05, 0) is 33.9 Å². The molecule has 174 valence electrons. The average Bonchev–Trinajstić information content (AvgIpc) is 2.89. The van der Waals surface area contributed by atoms with Crippen LogP contribution in [0.5, 0.6) is 0 Å². The second kappa shape index (κ2) is 11.6. The minimum Gasteiger partial charge on any atom is -0.461 e. The summed E-state index contributed by atoms with van der Waals surface area (Å²) in [5, 5.41) is 16.6. The van der Waals surface area contributed by atoms with Crippen molar-refractivity contribution in [1.82, 2.24) is 5.32 Å². The maximum absolute atomic E-state index is 13.1. The van der Waals surface area contributed by atoms with Crippen LogP contribution in [-0.2, 0) is 29.1 Å². The van der Waals surface area contributed by atoms with Crippen molar-refractivity contribution >= 4 is 16.7 Å². The van der Waals surface area contributed by atoms with Gasteiger partial charge in [0.05, 0.1) is 18.2 Å². The zero-order valence-electron chi connectivity index (χ0n) is 19.0. The van der Waals surface area contributed by atoms with Gasteiger partial charge in [-0.3, -0.25) is 10.1 Å². The van der Waals surface area contributed by atoms with Crippen LogP contribution in [0, 0.1) is 5.92 Å². The SMILES string of the molecule is NC(NCc1cccc2ccccc12)[C@H](O)[C@H](Cc1ccccc1)C(=O)OCc1ccccc1. The number of aliphatic hydroxyl groups is 1. The molecule has 4 aromatic carbocycles. The molecule has 0 heterocycles. The van der Waals surface area contributed by atoms with Crippen molar-refractivity contribution in [2.45, 2.75) is 31.8 Å². The number of rotatable bonds is 10. The summed E-state index contributed by atoms with van der Waals surface area (Å²) in [6.45, 7) is 0.618. The second-order valence-corrected chi connectivity index (χ2v) is 8.43. The minimum absolute atomic E-state index is 0.149. The number of fused-ring (bicyclic) bond motifs is 1. The molecule has 0 aromatic heterocycles. The van der Waals surface area contributed by atoms with Gasteiger partial charge in [0.1, 0.15) is 6.61 Å². The van der Waals surface area contributed by atoms with E-state index in [-0.39, 0.29) is 6.61 Å². The van der Waals surface area contributed by atoms with Crippen molar-refractivity contribution in [2.24, 2.45) is 11.7 Å². The van der Waals surface area contributed by atoms with Crippen molar-refractivity contribution in [3.63, 3.8) is 0 Å². The van der Waals surface area contributed by atoms with Gasteiger partial charge in [-0.25, -0.2) is 0 Å². The van der Waals surface area contributed by atoms with E-state index in [1.807, 2.05) is 84.9 Å². The number of hydrogen-bond acceptors (Lipinski definition) is 5. The van der Waals surface area contributed by atoms with E-state index in [9.17, 15) is 9.90 Å². The van der Waals surface area contributed by atoms with Gasteiger partial charge in [-0.15, -0.1) is 0 Å². The highest BCUT2D eigenvalue weighted by atomic mass is 16.5. The van der Waals surface area contributed by atoms with Crippen molar-refractivity contribution < 1.29 is 14.6 Å². The summed E-state index contributed by atoms with van der Waals surface area (Å²) in [7, 11) is 0. The maximum atomic E-state index is 13.1. The first kappa shape index (κ1) is 23.6. The molecule has 34 heavy (non-hydrogen) atoms. The van der Waals surface area contributed by atoms with Crippen LogP contribution in [-0.4, -0.2) is 23.3 Å². The summed E-state index contributed by atoms with van der Waals surface area (Å²) in [6, 6.07) is 33.3. The third kappa shape index (κ3) is 6.08. The van der Waals surface area contributed by atoms with Gasteiger partial charge in [-0.1, -0.05) is 103 Å². The van der Waals surface area contributed by atoms with Crippen molar-refractivity contribution in [3.05, 3.63) is 120 Å². The van der Waals surface area contributed by atoms with Gasteiger partial charge in [0.2, 0.25) is 0 Å². The predicted octanol–water partition coefficient (Wildman–Crippen LogP) is 4.18. The first-order valence-corrected chi connectivity index (χ1v) is 11.5. The molecule has 3 atom stereocenters. The Hall–Kier alpha value is -3.51. The number of benzene rings is 4. The number of aliphatic hydroxyl groups excluding tert-OH is 1. The summed E-state index contributed by atoms with van der Waals surface area (Å²) >= 11 is 0. The quantitative estimate of drug-likeness (QED) is 0.247. The van der Waals surface area contributed by atoms with E-state index in [2.05, 4.69) is 23.5 Å². The molecular weight excluding hydrogens is 424 g/mol. The number of ether oxygens (including phenoxy) is 1. The number of nitrogens with one attached hydrogen (secondary N) is 1. The van der Waals surface area contributed by atoms with Gasteiger partial charge in [-0.2, -0.15) is 0 Å². The molecule has 5 nitrogen and oxygen atoms in total. The van der Waals surface area contributed by atoms with Crippen LogP contribution in [0.1, 0.15) is 16.7 Å². The number of carbonyl (C=O) groups is 1. The van der Waals surface area contributed by atoms with Crippen molar-refractivity contribution in [2.75, 3.05) is 0 Å². The number of hydrogen-bond donors (Lipinski definition) is 3. The molecule has 0 fully saturated rings. The largest absolute Gasteiger partial charge is 0.461 e. The first-order chi connectivity index (χ1) is 16.6. The lowest BCUT2D eigenvalue weighted by Crippen LogP contribution is -2.52. The van der Waals surface area contributed by atoms with Crippen LogP contribution in [0.2, 0.25) is 0 Å². The first-order valence-electron chi connectivity index (χ1n) is 11.5. The maximum Gasteiger partial charge on any atom is 0.312 e. The van der Waals surface area contributed by atoms with Crippen LogP contribution in [0.15, 0.2) is 103 Å². The van der Waals surface area contributed by atoms with E-state index < -0.39 is 24.2 Å². The normalized spacial score (nSPS) is 13.8. The molecular formula is C29H30N2O3. The molecule has 0 amide bonds. The highest BCUT2D eigenvalue weighted by Crippen LogP contribution is 2.20. The fraction of sp³-hybridized carbons (Fsp3) is 0.207. The topological polar surface area (TPSA) is 84.6 Å². The number of esters is 1. The molecule has 0 saturated carbocycles. The van der Waals surface area contributed by atoms with Gasteiger partial charge in [0.25, 0.3) is 0 Å². The second-order valence-electron chi connectivity index (χ2n) is 8.43. The third-order valence-corrected chi connectivity index (χ3v) is 6.01. The average molecular weight is 455 g/mol. The predicted molar refractivity (Wildman–Crippen MR) is 135 cm³/mol. The lowest BCUT2D eigenvalue weighted by Gasteiger charge is -2.27. The smallest absolute Gasteiger partial charge is 0.312 e. The van der Waals surface area contributed by atoms with E-state index in [0.29, 0.717) is 13.0 Å². The number of carbonyl (C=O) groups excluding carboxylic acids is 1. The van der Waals surface area contributed by atoms with Gasteiger partial charge < -0.3 is 15.6 Å². The standard InChI is InChI=1S/C29H30N2O3/c30-28(31-19-24-16-9-15-23-14-7-8-17-25(23)24)27(32)26(18-21-10-3-1-4-11-21)29(33)34-20-22-12-5-2-6-13-22/h1-17,26-28,31-32H,18-20,30H2/t26-,27+,28?/m0/s1. The van der Waals surface area contributed by atoms with E-state index in [4.69, 9.17) is 10.5 Å². The Kier molecular flexibility index (Phi) is 8.04. The van der Waals surface area contributed by atoms with E-state index in [0.717, 1.165) is 27.5 Å². The Morgan fingerprint density at radius 3 is 2.18 bits per heavy atom. The molecule has 1 unspecified atom stereocenters. The molecule has 4 aromatic rings. The molecule has 0 aliphatic rings. The van der Waals surface area contributed by atoms with Gasteiger partial charge >= 0.3 is 5.97 Å². The van der Waals surface area contributed by atoms with Crippen LogP contribution < -0.4 is 11.1 Å². The number of nitrogens with two attached hydrogens (primary N) is 1. The van der Waals surface area contributed by atoms with Crippen LogP contribution >= 0.6 is 0 Å². The monoisotopic (exact) mass is 454 g/mol. The fourth-order valence-corrected chi connectivity index (χ4v) is 4.09. The van der Waals surface area contributed by atoms with E-state index in [1.165, 1.54) is 0 Å². The van der Waals surface area contributed by atoms with Gasteiger partial charge in [0.15, 0.2) is 0 Å². The van der Waals surface area contributed by atoms with E-state index >= 15 is 0 Å². The van der Waals surface area contributed by atoms with Crippen LogP contribution in [0.4, 0.5) is 0 Å². The van der Waals surface area contributed by atoms with Crippen LogP contribution in [0.3, 0.4) is 0 Å². The zero-order chi connectivity index (χ0) is 23.8. The summed E-state index contributed by atoms with van der Waals surface area (Å²) < 4.78 is 5.57. The Labute approximate surface area is 200 Å². The Bertz CT molecular complexity index is 1190. The van der Waals surface area contributed by atoms with Gasteiger partial charge in [0, 0.05) is 6.54 Å². The lowest BCUT2D eigenvalue weighted by atomic mass is 9.92. The summed E-state index contributed by atoms with van der Waals surface area (Å²) in [4.78, 5) is 13.1. The molecule has 4 N–H and O–H groups in total. The molecule has 0 aliphatic carbocycles. The van der Waals surface area contributed by atoms with Crippen molar-refractivity contribution in [3.8, 4) is 0 Å². The zero-order valence-corrected chi connectivity index (χ0v) is 19.0. The highest BCUT2D eigenvalue weighted by molar-refractivity contribution is 5.85. The van der Waals surface area contributed by atoms with Crippen molar-refractivity contribution in [1.29, 1.82) is 0 Å². The lowest BCUT2D eigenvalue weighted by molar-refractivity contribution is -0.154. The Balaban J connectivity index is 1.45. The Morgan fingerprint density at radius 2 is 1.44 bits per heavy atom. The Morgan fingerprint density at radius 1 is 0.824 bits per heavy atom.